The minimum atomic E-state index is 0.604. The van der Waals surface area contributed by atoms with Crippen molar-refractivity contribution in [2.24, 2.45) is 0 Å². The lowest BCUT2D eigenvalue weighted by Crippen LogP contribution is -2.26. The molecular weight excluding hydrogens is 210 g/mol. The maximum absolute atomic E-state index is 5.60. The Morgan fingerprint density at radius 3 is 2.53 bits per heavy atom. The summed E-state index contributed by atoms with van der Waals surface area (Å²) in [6.07, 6.45) is 2.48. The maximum Gasteiger partial charge on any atom is 0.119 e. The lowest BCUT2D eigenvalue weighted by atomic mass is 9.90. The van der Waals surface area contributed by atoms with E-state index in [1.54, 1.807) is 0 Å². The van der Waals surface area contributed by atoms with E-state index in [0.717, 1.165) is 24.4 Å². The van der Waals surface area contributed by atoms with E-state index in [-0.39, 0.29) is 0 Å². The number of benzene rings is 1. The summed E-state index contributed by atoms with van der Waals surface area (Å²) in [5.41, 5.74) is 2.49. The van der Waals surface area contributed by atoms with E-state index < -0.39 is 0 Å². The third kappa shape index (κ3) is 3.60. The van der Waals surface area contributed by atoms with Crippen LogP contribution in [0.4, 0.5) is 0 Å². The standard InChI is InChI=1S/C15H21NO/c1-12(2)11-17-15-5-3-13(4-6-15)14-7-9-16-10-8-14/h3-6,14,16H,1,7-11H2,2H3. The van der Waals surface area contributed by atoms with Gasteiger partial charge in [-0.25, -0.2) is 0 Å². The number of hydrogen-bond donors (Lipinski definition) is 1. The lowest BCUT2D eigenvalue weighted by molar-refractivity contribution is 0.352. The minimum Gasteiger partial charge on any atom is -0.489 e. The van der Waals surface area contributed by atoms with Crippen LogP contribution in [0.1, 0.15) is 31.2 Å². The summed E-state index contributed by atoms with van der Waals surface area (Å²) in [5.74, 6) is 1.65. The molecule has 0 aliphatic carbocycles. The Bertz CT molecular complexity index is 363. The molecule has 1 N–H and O–H groups in total. The van der Waals surface area contributed by atoms with Gasteiger partial charge in [0.2, 0.25) is 0 Å². The van der Waals surface area contributed by atoms with Gasteiger partial charge in [0.25, 0.3) is 0 Å². The first-order chi connectivity index (χ1) is 8.25. The maximum atomic E-state index is 5.60. The second kappa shape index (κ2) is 5.87. The van der Waals surface area contributed by atoms with Gasteiger partial charge in [-0.15, -0.1) is 0 Å². The Balaban J connectivity index is 1.94. The highest BCUT2D eigenvalue weighted by molar-refractivity contribution is 5.30. The average Bonchev–Trinajstić information content (AvgIpc) is 2.38. The molecule has 1 fully saturated rings. The lowest BCUT2D eigenvalue weighted by Gasteiger charge is -2.23. The largest absolute Gasteiger partial charge is 0.489 e. The van der Waals surface area contributed by atoms with Crippen molar-refractivity contribution in [3.63, 3.8) is 0 Å². The van der Waals surface area contributed by atoms with Gasteiger partial charge in [-0.1, -0.05) is 18.7 Å². The zero-order valence-corrected chi connectivity index (χ0v) is 10.5. The van der Waals surface area contributed by atoms with E-state index in [0.29, 0.717) is 12.5 Å². The molecule has 0 saturated carbocycles. The molecule has 17 heavy (non-hydrogen) atoms. The van der Waals surface area contributed by atoms with Crippen molar-refractivity contribution in [1.29, 1.82) is 0 Å². The van der Waals surface area contributed by atoms with Crippen molar-refractivity contribution in [3.8, 4) is 5.75 Å². The predicted octanol–water partition coefficient (Wildman–Crippen LogP) is 3.11. The molecule has 2 heteroatoms. The van der Waals surface area contributed by atoms with Gasteiger partial charge in [-0.05, 0) is 62.0 Å². The van der Waals surface area contributed by atoms with Gasteiger partial charge >= 0.3 is 0 Å². The molecule has 1 aliphatic heterocycles. The molecule has 2 rings (SSSR count). The fourth-order valence-electron chi connectivity index (χ4n) is 2.20. The average molecular weight is 231 g/mol. The monoisotopic (exact) mass is 231 g/mol. The first-order valence-corrected chi connectivity index (χ1v) is 6.33. The molecule has 1 aliphatic rings. The molecule has 1 saturated heterocycles. The third-order valence-corrected chi connectivity index (χ3v) is 3.18. The molecule has 1 heterocycles. The number of ether oxygens (including phenoxy) is 1. The highest BCUT2D eigenvalue weighted by atomic mass is 16.5. The first-order valence-electron chi connectivity index (χ1n) is 6.33. The van der Waals surface area contributed by atoms with Crippen molar-refractivity contribution in [2.75, 3.05) is 19.7 Å². The van der Waals surface area contributed by atoms with E-state index in [1.165, 1.54) is 18.4 Å². The van der Waals surface area contributed by atoms with Crippen molar-refractivity contribution >= 4 is 0 Å². The third-order valence-electron chi connectivity index (χ3n) is 3.18. The molecular formula is C15H21NO. The zero-order chi connectivity index (χ0) is 12.1. The van der Waals surface area contributed by atoms with Crippen molar-refractivity contribution in [2.45, 2.75) is 25.7 Å². The van der Waals surface area contributed by atoms with Crippen LogP contribution < -0.4 is 10.1 Å². The summed E-state index contributed by atoms with van der Waals surface area (Å²) in [4.78, 5) is 0. The van der Waals surface area contributed by atoms with Crippen LogP contribution in [0.15, 0.2) is 36.4 Å². The summed E-state index contributed by atoms with van der Waals surface area (Å²) in [7, 11) is 0. The van der Waals surface area contributed by atoms with E-state index in [9.17, 15) is 0 Å². The highest BCUT2D eigenvalue weighted by Crippen LogP contribution is 2.26. The number of rotatable bonds is 4. The SMILES string of the molecule is C=C(C)COc1ccc(C2CCNCC2)cc1. The number of hydrogen-bond acceptors (Lipinski definition) is 2. The molecule has 92 valence electrons. The van der Waals surface area contributed by atoms with Gasteiger partial charge in [0.1, 0.15) is 12.4 Å². The number of piperidine rings is 1. The summed E-state index contributed by atoms with van der Waals surface area (Å²) < 4.78 is 5.60. The van der Waals surface area contributed by atoms with E-state index >= 15 is 0 Å². The Kier molecular flexibility index (Phi) is 4.21. The fraction of sp³-hybridized carbons (Fsp3) is 0.467. The second-order valence-corrected chi connectivity index (χ2v) is 4.84. The first kappa shape index (κ1) is 12.2. The van der Waals surface area contributed by atoms with Crippen LogP contribution in [0.5, 0.6) is 5.75 Å². The quantitative estimate of drug-likeness (QED) is 0.804. The summed E-state index contributed by atoms with van der Waals surface area (Å²) in [5, 5.41) is 3.39. The summed E-state index contributed by atoms with van der Waals surface area (Å²) in [6, 6.07) is 8.54. The van der Waals surface area contributed by atoms with Crippen LogP contribution in [0.3, 0.4) is 0 Å². The van der Waals surface area contributed by atoms with Gasteiger partial charge < -0.3 is 10.1 Å². The van der Waals surface area contributed by atoms with Crippen LogP contribution in [-0.2, 0) is 0 Å². The van der Waals surface area contributed by atoms with Crippen molar-refractivity contribution < 1.29 is 4.74 Å². The fourth-order valence-corrected chi connectivity index (χ4v) is 2.20. The van der Waals surface area contributed by atoms with Gasteiger partial charge in [0.05, 0.1) is 0 Å². The number of nitrogens with one attached hydrogen (secondary N) is 1. The molecule has 1 aromatic rings. The molecule has 0 radical (unpaired) electrons. The highest BCUT2D eigenvalue weighted by Gasteiger charge is 2.14. The van der Waals surface area contributed by atoms with Crippen LogP contribution >= 0.6 is 0 Å². The van der Waals surface area contributed by atoms with E-state index in [1.807, 2.05) is 6.92 Å². The smallest absolute Gasteiger partial charge is 0.119 e. The summed E-state index contributed by atoms with van der Waals surface area (Å²) in [6.45, 7) is 8.68. The summed E-state index contributed by atoms with van der Waals surface area (Å²) >= 11 is 0. The molecule has 2 nitrogen and oxygen atoms in total. The molecule has 0 spiro atoms. The van der Waals surface area contributed by atoms with Crippen LogP contribution in [0, 0.1) is 0 Å². The molecule has 0 aromatic heterocycles. The van der Waals surface area contributed by atoms with E-state index in [4.69, 9.17) is 4.74 Å². The van der Waals surface area contributed by atoms with Gasteiger partial charge in [-0.3, -0.25) is 0 Å². The molecule has 0 unspecified atom stereocenters. The minimum absolute atomic E-state index is 0.604. The zero-order valence-electron chi connectivity index (χ0n) is 10.5. The van der Waals surface area contributed by atoms with Crippen molar-refractivity contribution in [1.82, 2.24) is 5.32 Å². The van der Waals surface area contributed by atoms with Crippen LogP contribution in [-0.4, -0.2) is 19.7 Å². The topological polar surface area (TPSA) is 21.3 Å². The molecule has 1 aromatic carbocycles. The second-order valence-electron chi connectivity index (χ2n) is 4.84. The van der Waals surface area contributed by atoms with Gasteiger partial charge in [-0.2, -0.15) is 0 Å². The molecule has 0 atom stereocenters. The van der Waals surface area contributed by atoms with E-state index in [2.05, 4.69) is 36.2 Å². The van der Waals surface area contributed by atoms with Crippen LogP contribution in [0.25, 0.3) is 0 Å². The predicted molar refractivity (Wildman–Crippen MR) is 71.6 cm³/mol. The Hall–Kier alpha value is -1.28. The van der Waals surface area contributed by atoms with Gasteiger partial charge in [0, 0.05) is 0 Å². The van der Waals surface area contributed by atoms with Crippen LogP contribution in [0.2, 0.25) is 0 Å². The van der Waals surface area contributed by atoms with Gasteiger partial charge in [0.15, 0.2) is 0 Å². The molecule has 0 amide bonds. The Morgan fingerprint density at radius 2 is 1.94 bits per heavy atom. The Morgan fingerprint density at radius 1 is 1.29 bits per heavy atom. The Labute approximate surface area is 104 Å². The van der Waals surface area contributed by atoms with Crippen molar-refractivity contribution in [3.05, 3.63) is 42.0 Å². The molecule has 0 bridgehead atoms. The normalized spacial score (nSPS) is 16.8.